The minimum absolute atomic E-state index is 0.176. The molecule has 0 aromatic heterocycles. The number of carbonyl (C=O) groups is 1. The van der Waals surface area contributed by atoms with Crippen molar-refractivity contribution in [3.63, 3.8) is 0 Å². The van der Waals surface area contributed by atoms with E-state index in [9.17, 15) is 4.79 Å². The summed E-state index contributed by atoms with van der Waals surface area (Å²) < 4.78 is 21.1. The van der Waals surface area contributed by atoms with Crippen molar-refractivity contribution < 1.29 is 23.7 Å². The summed E-state index contributed by atoms with van der Waals surface area (Å²) >= 11 is 0. The minimum atomic E-state index is -0.340. The number of carbonyl (C=O) groups excluding carboxylic acids is 1. The second-order valence-corrected chi connectivity index (χ2v) is 4.79. The van der Waals surface area contributed by atoms with E-state index in [1.165, 1.54) is 21.3 Å². The number of hydrogen-bond acceptors (Lipinski definition) is 6. The van der Waals surface area contributed by atoms with Gasteiger partial charge in [-0.05, 0) is 12.1 Å². The highest BCUT2D eigenvalue weighted by Gasteiger charge is 2.14. The van der Waals surface area contributed by atoms with Crippen LogP contribution in [-0.2, 0) is 4.79 Å². The first-order valence-electron chi connectivity index (χ1n) is 7.16. The highest BCUT2D eigenvalue weighted by molar-refractivity contribution is 5.92. The number of benzene rings is 2. The molecule has 0 aliphatic heterocycles. The van der Waals surface area contributed by atoms with Crippen molar-refractivity contribution in [1.29, 1.82) is 0 Å². The largest absolute Gasteiger partial charge is 0.493 e. The van der Waals surface area contributed by atoms with Crippen LogP contribution in [0.25, 0.3) is 0 Å². The SMILES string of the molecule is COc1cc(NC(=O)COc2ccccc2N)cc(OC)c1OC. The second kappa shape index (κ2) is 7.96. The lowest BCUT2D eigenvalue weighted by Gasteiger charge is -2.15. The first-order chi connectivity index (χ1) is 11.6. The van der Waals surface area contributed by atoms with Gasteiger partial charge in [0.25, 0.3) is 5.91 Å². The van der Waals surface area contributed by atoms with Gasteiger partial charge < -0.3 is 30.0 Å². The van der Waals surface area contributed by atoms with Gasteiger partial charge in [-0.2, -0.15) is 0 Å². The van der Waals surface area contributed by atoms with E-state index >= 15 is 0 Å². The van der Waals surface area contributed by atoms with Crippen LogP contribution in [0.5, 0.6) is 23.0 Å². The quantitative estimate of drug-likeness (QED) is 0.756. The third-order valence-electron chi connectivity index (χ3n) is 3.23. The molecule has 2 aromatic carbocycles. The summed E-state index contributed by atoms with van der Waals surface area (Å²) in [4.78, 5) is 12.1. The van der Waals surface area contributed by atoms with Crippen molar-refractivity contribution in [2.45, 2.75) is 0 Å². The molecule has 0 spiro atoms. The fourth-order valence-electron chi connectivity index (χ4n) is 2.11. The van der Waals surface area contributed by atoms with Gasteiger partial charge in [0, 0.05) is 17.8 Å². The molecule has 0 fully saturated rings. The highest BCUT2D eigenvalue weighted by Crippen LogP contribution is 2.39. The zero-order valence-corrected chi connectivity index (χ0v) is 13.8. The number of nitrogens with one attached hydrogen (secondary N) is 1. The molecule has 3 N–H and O–H groups in total. The second-order valence-electron chi connectivity index (χ2n) is 4.79. The smallest absolute Gasteiger partial charge is 0.262 e. The van der Waals surface area contributed by atoms with Gasteiger partial charge in [0.15, 0.2) is 18.1 Å². The van der Waals surface area contributed by atoms with Crippen LogP contribution in [-0.4, -0.2) is 33.8 Å². The first-order valence-corrected chi connectivity index (χ1v) is 7.16. The maximum absolute atomic E-state index is 12.1. The van der Waals surface area contributed by atoms with Gasteiger partial charge in [-0.15, -0.1) is 0 Å². The van der Waals surface area contributed by atoms with Crippen LogP contribution in [0, 0.1) is 0 Å². The van der Waals surface area contributed by atoms with Gasteiger partial charge >= 0.3 is 0 Å². The molecule has 7 heteroatoms. The lowest BCUT2D eigenvalue weighted by Crippen LogP contribution is -2.20. The summed E-state index contributed by atoms with van der Waals surface area (Å²) in [6.45, 7) is -0.176. The Balaban J connectivity index is 2.07. The van der Waals surface area contributed by atoms with Crippen molar-refractivity contribution in [2.24, 2.45) is 0 Å². The molecule has 0 saturated carbocycles. The predicted octanol–water partition coefficient (Wildman–Crippen LogP) is 2.31. The Morgan fingerprint density at radius 2 is 1.62 bits per heavy atom. The summed E-state index contributed by atoms with van der Waals surface area (Å²) in [5.74, 6) is 1.46. The number of rotatable bonds is 7. The molecule has 0 atom stereocenters. The summed E-state index contributed by atoms with van der Waals surface area (Å²) in [6.07, 6.45) is 0. The van der Waals surface area contributed by atoms with Gasteiger partial charge in [0.1, 0.15) is 5.75 Å². The Labute approximate surface area is 140 Å². The Morgan fingerprint density at radius 1 is 1.00 bits per heavy atom. The van der Waals surface area contributed by atoms with Gasteiger partial charge in [0.05, 0.1) is 27.0 Å². The van der Waals surface area contributed by atoms with Crippen molar-refractivity contribution in [1.82, 2.24) is 0 Å². The molecule has 0 saturated heterocycles. The number of methoxy groups -OCH3 is 3. The van der Waals surface area contributed by atoms with Crippen LogP contribution >= 0.6 is 0 Å². The van der Waals surface area contributed by atoms with E-state index in [1.54, 1.807) is 36.4 Å². The van der Waals surface area contributed by atoms with Gasteiger partial charge in [0.2, 0.25) is 5.75 Å². The van der Waals surface area contributed by atoms with Crippen molar-refractivity contribution in [2.75, 3.05) is 39.0 Å². The summed E-state index contributed by atoms with van der Waals surface area (Å²) in [5, 5.41) is 2.71. The highest BCUT2D eigenvalue weighted by atomic mass is 16.5. The number of nitrogens with two attached hydrogens (primary N) is 1. The summed E-state index contributed by atoms with van der Waals surface area (Å²) in [7, 11) is 4.52. The lowest BCUT2D eigenvalue weighted by atomic mass is 10.2. The maximum atomic E-state index is 12.1. The third-order valence-corrected chi connectivity index (χ3v) is 3.23. The average Bonchev–Trinajstić information content (AvgIpc) is 2.60. The fourth-order valence-corrected chi connectivity index (χ4v) is 2.11. The molecule has 128 valence electrons. The molecule has 0 aliphatic carbocycles. The van der Waals surface area contributed by atoms with E-state index in [0.29, 0.717) is 34.4 Å². The molecule has 0 heterocycles. The van der Waals surface area contributed by atoms with E-state index < -0.39 is 0 Å². The molecule has 2 aromatic rings. The third kappa shape index (κ3) is 4.01. The summed E-state index contributed by atoms with van der Waals surface area (Å²) in [5.41, 5.74) is 6.73. The fraction of sp³-hybridized carbons (Fsp3) is 0.235. The van der Waals surface area contributed by atoms with Crippen LogP contribution in [0.2, 0.25) is 0 Å². The predicted molar refractivity (Wildman–Crippen MR) is 91.1 cm³/mol. The van der Waals surface area contributed by atoms with Gasteiger partial charge in [-0.1, -0.05) is 12.1 Å². The van der Waals surface area contributed by atoms with Crippen molar-refractivity contribution in [3.05, 3.63) is 36.4 Å². The molecule has 0 bridgehead atoms. The Bertz CT molecular complexity index is 693. The molecule has 0 aliphatic rings. The molecular formula is C17H20N2O5. The van der Waals surface area contributed by atoms with E-state index in [4.69, 9.17) is 24.7 Å². The normalized spacial score (nSPS) is 9.96. The minimum Gasteiger partial charge on any atom is -0.493 e. The Hall–Kier alpha value is -3.09. The Morgan fingerprint density at radius 3 is 2.17 bits per heavy atom. The van der Waals surface area contributed by atoms with Crippen LogP contribution in [0.15, 0.2) is 36.4 Å². The van der Waals surface area contributed by atoms with Crippen molar-refractivity contribution >= 4 is 17.3 Å². The topological polar surface area (TPSA) is 92.0 Å². The molecule has 0 radical (unpaired) electrons. The molecule has 7 nitrogen and oxygen atoms in total. The van der Waals surface area contributed by atoms with Gasteiger partial charge in [-0.3, -0.25) is 4.79 Å². The molecule has 2 rings (SSSR count). The molecular weight excluding hydrogens is 312 g/mol. The zero-order chi connectivity index (χ0) is 17.5. The van der Waals surface area contributed by atoms with E-state index in [0.717, 1.165) is 0 Å². The van der Waals surface area contributed by atoms with Crippen LogP contribution in [0.4, 0.5) is 11.4 Å². The molecule has 24 heavy (non-hydrogen) atoms. The number of ether oxygens (including phenoxy) is 4. The standard InChI is InChI=1S/C17H20N2O5/c1-21-14-8-11(9-15(22-2)17(14)23-3)19-16(20)10-24-13-7-5-4-6-12(13)18/h4-9H,10,18H2,1-3H3,(H,19,20). The zero-order valence-electron chi connectivity index (χ0n) is 13.8. The van der Waals surface area contributed by atoms with E-state index in [2.05, 4.69) is 5.32 Å². The number of nitrogen functional groups attached to an aromatic ring is 1. The average molecular weight is 332 g/mol. The first kappa shape index (κ1) is 17.3. The number of para-hydroxylation sites is 2. The van der Waals surface area contributed by atoms with Crippen molar-refractivity contribution in [3.8, 4) is 23.0 Å². The number of hydrogen-bond donors (Lipinski definition) is 2. The lowest BCUT2D eigenvalue weighted by molar-refractivity contribution is -0.118. The molecule has 0 unspecified atom stereocenters. The van der Waals surface area contributed by atoms with Gasteiger partial charge in [-0.25, -0.2) is 0 Å². The maximum Gasteiger partial charge on any atom is 0.262 e. The summed E-state index contributed by atoms with van der Waals surface area (Å²) in [6, 6.07) is 10.2. The van der Waals surface area contributed by atoms with E-state index in [-0.39, 0.29) is 12.5 Å². The van der Waals surface area contributed by atoms with Crippen LogP contribution < -0.4 is 30.0 Å². The number of anilines is 2. The van der Waals surface area contributed by atoms with Crippen LogP contribution in [0.1, 0.15) is 0 Å². The molecule has 1 amide bonds. The Kier molecular flexibility index (Phi) is 5.73. The van der Waals surface area contributed by atoms with E-state index in [1.807, 2.05) is 0 Å². The number of amides is 1. The van der Waals surface area contributed by atoms with Crippen LogP contribution in [0.3, 0.4) is 0 Å². The monoisotopic (exact) mass is 332 g/mol.